The molecule has 17 heavy (non-hydrogen) atoms. The number of aliphatic hydroxyl groups excluding tert-OH is 1. The molecule has 0 saturated heterocycles. The molecule has 0 fully saturated rings. The SMILES string of the molecule is CCCC(C)C1C[C@H](O)c2cc(Br)ccc2O1. The molecule has 1 aromatic carbocycles. The standard InChI is InChI=1S/C14H19BrO2/c1-3-4-9(2)14-8-12(16)11-7-10(15)5-6-13(11)17-14/h5-7,9,12,14,16H,3-4,8H2,1-2H3/t9?,12-,14?/m0/s1. The zero-order valence-electron chi connectivity index (χ0n) is 10.3. The van der Waals surface area contributed by atoms with Gasteiger partial charge in [-0.3, -0.25) is 0 Å². The molecule has 2 rings (SSSR count). The number of ether oxygens (including phenoxy) is 1. The number of aliphatic hydroxyl groups is 1. The van der Waals surface area contributed by atoms with E-state index in [1.54, 1.807) is 0 Å². The van der Waals surface area contributed by atoms with Gasteiger partial charge >= 0.3 is 0 Å². The van der Waals surface area contributed by atoms with Gasteiger partial charge in [0.1, 0.15) is 11.9 Å². The van der Waals surface area contributed by atoms with E-state index in [0.29, 0.717) is 12.3 Å². The Morgan fingerprint density at radius 3 is 3.00 bits per heavy atom. The van der Waals surface area contributed by atoms with Crippen LogP contribution in [0.15, 0.2) is 22.7 Å². The summed E-state index contributed by atoms with van der Waals surface area (Å²) in [5, 5.41) is 10.2. The van der Waals surface area contributed by atoms with Crippen LogP contribution in [-0.2, 0) is 0 Å². The van der Waals surface area contributed by atoms with Crippen molar-refractivity contribution in [3.8, 4) is 5.75 Å². The van der Waals surface area contributed by atoms with Crippen molar-refractivity contribution in [3.05, 3.63) is 28.2 Å². The number of halogens is 1. The Hall–Kier alpha value is -0.540. The maximum Gasteiger partial charge on any atom is 0.125 e. The third kappa shape index (κ3) is 2.83. The van der Waals surface area contributed by atoms with Gasteiger partial charge in [-0.25, -0.2) is 0 Å². The van der Waals surface area contributed by atoms with Gasteiger partial charge in [0.25, 0.3) is 0 Å². The second-order valence-electron chi connectivity index (χ2n) is 4.86. The van der Waals surface area contributed by atoms with E-state index in [-0.39, 0.29) is 6.10 Å². The zero-order chi connectivity index (χ0) is 12.4. The summed E-state index contributed by atoms with van der Waals surface area (Å²) in [6.45, 7) is 4.38. The van der Waals surface area contributed by atoms with E-state index >= 15 is 0 Å². The lowest BCUT2D eigenvalue weighted by Gasteiger charge is -2.33. The maximum absolute atomic E-state index is 10.2. The molecule has 0 amide bonds. The molecule has 1 aliphatic heterocycles. The molecule has 94 valence electrons. The van der Waals surface area contributed by atoms with E-state index in [4.69, 9.17) is 4.74 Å². The molecule has 0 spiro atoms. The highest BCUT2D eigenvalue weighted by Gasteiger charge is 2.30. The lowest BCUT2D eigenvalue weighted by molar-refractivity contribution is 0.0361. The van der Waals surface area contributed by atoms with Gasteiger partial charge in [-0.15, -0.1) is 0 Å². The normalized spacial score (nSPS) is 24.9. The Balaban J connectivity index is 2.18. The molecule has 0 bridgehead atoms. The Labute approximate surface area is 111 Å². The molecule has 0 radical (unpaired) electrons. The highest BCUT2D eigenvalue weighted by molar-refractivity contribution is 9.10. The predicted octanol–water partition coefficient (Wildman–Crippen LogP) is 4.07. The van der Waals surface area contributed by atoms with E-state index in [1.165, 1.54) is 0 Å². The van der Waals surface area contributed by atoms with Gasteiger partial charge in [-0.05, 0) is 30.5 Å². The quantitative estimate of drug-likeness (QED) is 0.911. The molecule has 3 heteroatoms. The summed E-state index contributed by atoms with van der Waals surface area (Å²) in [6.07, 6.45) is 2.73. The first kappa shape index (κ1) is 12.9. The van der Waals surface area contributed by atoms with Crippen LogP contribution in [0.25, 0.3) is 0 Å². The largest absolute Gasteiger partial charge is 0.490 e. The van der Waals surface area contributed by atoms with Crippen LogP contribution in [0.1, 0.15) is 44.8 Å². The fourth-order valence-corrected chi connectivity index (χ4v) is 2.81. The van der Waals surface area contributed by atoms with Crippen LogP contribution in [0.3, 0.4) is 0 Å². The van der Waals surface area contributed by atoms with E-state index in [0.717, 1.165) is 28.6 Å². The van der Waals surface area contributed by atoms with E-state index in [1.807, 2.05) is 18.2 Å². The third-order valence-electron chi connectivity index (χ3n) is 3.44. The lowest BCUT2D eigenvalue weighted by Crippen LogP contribution is -2.31. The molecule has 0 aliphatic carbocycles. The highest BCUT2D eigenvalue weighted by atomic mass is 79.9. The Bertz CT molecular complexity index is 392. The molecule has 1 N–H and O–H groups in total. The van der Waals surface area contributed by atoms with Crippen LogP contribution < -0.4 is 4.74 Å². The second kappa shape index (κ2) is 5.40. The fourth-order valence-electron chi connectivity index (χ4n) is 2.43. The average molecular weight is 299 g/mol. The summed E-state index contributed by atoms with van der Waals surface area (Å²) >= 11 is 3.42. The molecule has 1 aliphatic rings. The molecule has 0 aromatic heterocycles. The molecule has 0 saturated carbocycles. The zero-order valence-corrected chi connectivity index (χ0v) is 11.9. The summed E-state index contributed by atoms with van der Waals surface area (Å²) < 4.78 is 6.98. The van der Waals surface area contributed by atoms with Crippen molar-refractivity contribution >= 4 is 15.9 Å². The first-order valence-corrected chi connectivity index (χ1v) is 7.05. The fraction of sp³-hybridized carbons (Fsp3) is 0.571. The lowest BCUT2D eigenvalue weighted by atomic mass is 9.90. The van der Waals surface area contributed by atoms with Crippen molar-refractivity contribution in [2.24, 2.45) is 5.92 Å². The molecule has 2 unspecified atom stereocenters. The summed E-state index contributed by atoms with van der Waals surface area (Å²) in [5.74, 6) is 1.33. The van der Waals surface area contributed by atoms with Crippen LogP contribution in [-0.4, -0.2) is 11.2 Å². The molecular weight excluding hydrogens is 280 g/mol. The van der Waals surface area contributed by atoms with Gasteiger partial charge in [-0.2, -0.15) is 0 Å². The average Bonchev–Trinajstić information content (AvgIpc) is 2.30. The predicted molar refractivity (Wildman–Crippen MR) is 72.2 cm³/mol. The number of hydrogen-bond donors (Lipinski definition) is 1. The molecular formula is C14H19BrO2. The van der Waals surface area contributed by atoms with Crippen molar-refractivity contribution in [3.63, 3.8) is 0 Å². The number of rotatable bonds is 3. The smallest absolute Gasteiger partial charge is 0.125 e. The van der Waals surface area contributed by atoms with Gasteiger partial charge in [0.15, 0.2) is 0 Å². The maximum atomic E-state index is 10.2. The van der Waals surface area contributed by atoms with Crippen molar-refractivity contribution in [1.29, 1.82) is 0 Å². The Morgan fingerprint density at radius 1 is 1.53 bits per heavy atom. The summed E-state index contributed by atoms with van der Waals surface area (Å²) in [5.41, 5.74) is 0.902. The number of hydrogen-bond acceptors (Lipinski definition) is 2. The third-order valence-corrected chi connectivity index (χ3v) is 3.94. The number of fused-ring (bicyclic) bond motifs is 1. The van der Waals surface area contributed by atoms with Crippen LogP contribution in [0, 0.1) is 5.92 Å². The first-order valence-electron chi connectivity index (χ1n) is 6.26. The van der Waals surface area contributed by atoms with E-state index in [2.05, 4.69) is 29.8 Å². The van der Waals surface area contributed by atoms with Gasteiger partial charge in [0, 0.05) is 16.5 Å². The summed E-state index contributed by atoms with van der Waals surface area (Å²) in [7, 11) is 0. The minimum Gasteiger partial charge on any atom is -0.490 e. The van der Waals surface area contributed by atoms with Crippen LogP contribution in [0.5, 0.6) is 5.75 Å². The second-order valence-corrected chi connectivity index (χ2v) is 5.77. The monoisotopic (exact) mass is 298 g/mol. The van der Waals surface area contributed by atoms with E-state index < -0.39 is 6.10 Å². The van der Waals surface area contributed by atoms with Crippen molar-refractivity contribution in [1.82, 2.24) is 0 Å². The van der Waals surface area contributed by atoms with Crippen molar-refractivity contribution < 1.29 is 9.84 Å². The summed E-state index contributed by atoms with van der Waals surface area (Å²) in [6, 6.07) is 5.84. The molecule has 3 atom stereocenters. The Morgan fingerprint density at radius 2 is 2.29 bits per heavy atom. The van der Waals surface area contributed by atoms with Gasteiger partial charge in [0.05, 0.1) is 6.10 Å². The van der Waals surface area contributed by atoms with Gasteiger partial charge < -0.3 is 9.84 Å². The van der Waals surface area contributed by atoms with Crippen LogP contribution in [0.4, 0.5) is 0 Å². The highest BCUT2D eigenvalue weighted by Crippen LogP contribution is 2.38. The Kier molecular flexibility index (Phi) is 4.10. The summed E-state index contributed by atoms with van der Waals surface area (Å²) in [4.78, 5) is 0. The molecule has 2 nitrogen and oxygen atoms in total. The van der Waals surface area contributed by atoms with Crippen molar-refractivity contribution in [2.75, 3.05) is 0 Å². The van der Waals surface area contributed by atoms with Crippen LogP contribution in [0.2, 0.25) is 0 Å². The molecule has 1 aromatic rings. The molecule has 1 heterocycles. The van der Waals surface area contributed by atoms with Gasteiger partial charge in [-0.1, -0.05) is 36.2 Å². The van der Waals surface area contributed by atoms with Gasteiger partial charge in [0.2, 0.25) is 0 Å². The van der Waals surface area contributed by atoms with Crippen LogP contribution >= 0.6 is 15.9 Å². The minimum atomic E-state index is -0.402. The van der Waals surface area contributed by atoms with Crippen molar-refractivity contribution in [2.45, 2.75) is 45.3 Å². The number of benzene rings is 1. The first-order chi connectivity index (χ1) is 8.11. The minimum absolute atomic E-state index is 0.138. The van der Waals surface area contributed by atoms with E-state index in [9.17, 15) is 5.11 Å². The topological polar surface area (TPSA) is 29.5 Å².